The van der Waals surface area contributed by atoms with E-state index in [-0.39, 0.29) is 23.7 Å². The van der Waals surface area contributed by atoms with E-state index in [0.29, 0.717) is 32.0 Å². The fourth-order valence-electron chi connectivity index (χ4n) is 2.40. The summed E-state index contributed by atoms with van der Waals surface area (Å²) >= 11 is 0. The van der Waals surface area contributed by atoms with Crippen LogP contribution in [0.2, 0.25) is 0 Å². The third-order valence-corrected chi connectivity index (χ3v) is 3.45. The second-order valence-electron chi connectivity index (χ2n) is 5.61. The molecule has 1 saturated heterocycles. The van der Waals surface area contributed by atoms with Gasteiger partial charge in [-0.05, 0) is 32.0 Å². The molecule has 0 spiro atoms. The molecule has 116 valence electrons. The number of amides is 1. The maximum Gasteiger partial charge on any atom is 0.239 e. The van der Waals surface area contributed by atoms with Crippen LogP contribution >= 0.6 is 0 Å². The Hall–Kier alpha value is -1.79. The van der Waals surface area contributed by atoms with E-state index in [1.54, 1.807) is 18.2 Å². The molecule has 1 heterocycles. The third-order valence-electron chi connectivity index (χ3n) is 3.45. The molecule has 0 radical (unpaired) electrons. The van der Waals surface area contributed by atoms with Crippen LogP contribution in [0.3, 0.4) is 0 Å². The molecule has 0 aromatic heterocycles. The minimum Gasteiger partial charge on any atom is -0.508 e. The highest BCUT2D eigenvalue weighted by Crippen LogP contribution is 2.23. The zero-order valence-electron chi connectivity index (χ0n) is 12.5. The first-order valence-corrected chi connectivity index (χ1v) is 7.17. The van der Waals surface area contributed by atoms with Crippen molar-refractivity contribution in [1.82, 2.24) is 10.2 Å². The van der Waals surface area contributed by atoms with Crippen LogP contribution in [0.15, 0.2) is 18.2 Å². The van der Waals surface area contributed by atoms with Crippen molar-refractivity contribution in [3.05, 3.63) is 23.8 Å². The lowest BCUT2D eigenvalue weighted by Crippen LogP contribution is -2.54. The van der Waals surface area contributed by atoms with Gasteiger partial charge in [0.25, 0.3) is 0 Å². The molecule has 1 aliphatic heterocycles. The number of morpholine rings is 1. The van der Waals surface area contributed by atoms with Crippen LogP contribution in [0, 0.1) is 0 Å². The van der Waals surface area contributed by atoms with E-state index >= 15 is 0 Å². The highest BCUT2D eigenvalue weighted by atomic mass is 16.5. The molecule has 4 N–H and O–H groups in total. The van der Waals surface area contributed by atoms with Crippen molar-refractivity contribution in [2.24, 2.45) is 0 Å². The van der Waals surface area contributed by atoms with Crippen LogP contribution in [0.25, 0.3) is 0 Å². The number of carbonyl (C=O) groups is 1. The second kappa shape index (κ2) is 6.78. The number of nitrogens with one attached hydrogen (secondary N) is 1. The minimum atomic E-state index is -0.345. The maximum absolute atomic E-state index is 12.2. The van der Waals surface area contributed by atoms with Crippen LogP contribution < -0.4 is 11.1 Å². The zero-order valence-corrected chi connectivity index (χ0v) is 12.5. The number of nitrogens with two attached hydrogens (primary N) is 1. The van der Waals surface area contributed by atoms with Crippen LogP contribution in [0.4, 0.5) is 5.69 Å². The topological polar surface area (TPSA) is 87.8 Å². The first-order valence-electron chi connectivity index (χ1n) is 7.17. The Balaban J connectivity index is 2.11. The highest BCUT2D eigenvalue weighted by Gasteiger charge is 2.30. The number of carbonyl (C=O) groups excluding carboxylic acids is 1. The molecular weight excluding hydrogens is 270 g/mol. The fraction of sp³-hybridized carbons (Fsp3) is 0.533. The molecule has 0 bridgehead atoms. The SMILES string of the molecule is CC(C)NC(=O)C1COCCN1Cc1cc(N)ccc1O. The number of hydrogen-bond donors (Lipinski definition) is 3. The average molecular weight is 293 g/mol. The Kier molecular flexibility index (Phi) is 5.03. The normalized spacial score (nSPS) is 19.7. The van der Waals surface area contributed by atoms with Gasteiger partial charge >= 0.3 is 0 Å². The summed E-state index contributed by atoms with van der Waals surface area (Å²) in [4.78, 5) is 14.3. The van der Waals surface area contributed by atoms with E-state index < -0.39 is 0 Å². The Morgan fingerprint density at radius 3 is 3.05 bits per heavy atom. The molecule has 1 aromatic carbocycles. The predicted octanol–water partition coefficient (Wildman–Crippen LogP) is 0.700. The number of nitrogens with zero attached hydrogens (tertiary/aromatic N) is 1. The Bertz CT molecular complexity index is 505. The van der Waals surface area contributed by atoms with Crippen molar-refractivity contribution in [1.29, 1.82) is 0 Å². The third kappa shape index (κ3) is 4.09. The van der Waals surface area contributed by atoms with Crippen LogP contribution in [-0.2, 0) is 16.1 Å². The molecule has 6 heteroatoms. The monoisotopic (exact) mass is 293 g/mol. The van der Waals surface area contributed by atoms with Gasteiger partial charge in [0.2, 0.25) is 5.91 Å². The van der Waals surface area contributed by atoms with Gasteiger partial charge in [-0.15, -0.1) is 0 Å². The van der Waals surface area contributed by atoms with Crippen molar-refractivity contribution in [3.8, 4) is 5.75 Å². The number of anilines is 1. The Labute approximate surface area is 124 Å². The van der Waals surface area contributed by atoms with Crippen molar-refractivity contribution in [2.75, 3.05) is 25.5 Å². The van der Waals surface area contributed by atoms with Crippen molar-refractivity contribution in [2.45, 2.75) is 32.5 Å². The first kappa shape index (κ1) is 15.6. The minimum absolute atomic E-state index is 0.0481. The zero-order chi connectivity index (χ0) is 15.4. The molecule has 6 nitrogen and oxygen atoms in total. The lowest BCUT2D eigenvalue weighted by Gasteiger charge is -2.35. The molecular formula is C15H23N3O3. The van der Waals surface area contributed by atoms with E-state index in [4.69, 9.17) is 10.5 Å². The van der Waals surface area contributed by atoms with Gasteiger partial charge in [0, 0.05) is 30.4 Å². The van der Waals surface area contributed by atoms with Gasteiger partial charge in [0.05, 0.1) is 13.2 Å². The average Bonchev–Trinajstić information content (AvgIpc) is 2.42. The molecule has 0 saturated carbocycles. The van der Waals surface area contributed by atoms with Gasteiger partial charge in [-0.1, -0.05) is 0 Å². The standard InChI is InChI=1S/C15H23N3O3/c1-10(2)17-15(20)13-9-21-6-5-18(13)8-11-7-12(16)3-4-14(11)19/h3-4,7,10,13,19H,5-6,8-9,16H2,1-2H3,(H,17,20). The Morgan fingerprint density at radius 1 is 1.57 bits per heavy atom. The smallest absolute Gasteiger partial charge is 0.239 e. The number of rotatable bonds is 4. The predicted molar refractivity (Wildman–Crippen MR) is 80.8 cm³/mol. The van der Waals surface area contributed by atoms with Gasteiger partial charge < -0.3 is 20.9 Å². The highest BCUT2D eigenvalue weighted by molar-refractivity contribution is 5.82. The number of aromatic hydroxyl groups is 1. The number of nitrogen functional groups attached to an aromatic ring is 1. The molecule has 1 fully saturated rings. The summed E-state index contributed by atoms with van der Waals surface area (Å²) in [6.07, 6.45) is 0. The van der Waals surface area contributed by atoms with Crippen molar-refractivity contribution < 1.29 is 14.6 Å². The van der Waals surface area contributed by atoms with Gasteiger partial charge in [-0.25, -0.2) is 0 Å². The van der Waals surface area contributed by atoms with Gasteiger partial charge in [-0.3, -0.25) is 9.69 Å². The number of phenols is 1. The maximum atomic E-state index is 12.2. The first-order chi connectivity index (χ1) is 9.97. The van der Waals surface area contributed by atoms with Gasteiger partial charge in [-0.2, -0.15) is 0 Å². The van der Waals surface area contributed by atoms with Crippen LogP contribution in [0.5, 0.6) is 5.75 Å². The summed E-state index contributed by atoms with van der Waals surface area (Å²) < 4.78 is 5.42. The van der Waals surface area contributed by atoms with Crippen LogP contribution in [0.1, 0.15) is 19.4 Å². The molecule has 1 amide bonds. The van der Waals surface area contributed by atoms with E-state index in [1.165, 1.54) is 0 Å². The lowest BCUT2D eigenvalue weighted by atomic mass is 10.1. The number of hydrogen-bond acceptors (Lipinski definition) is 5. The van der Waals surface area contributed by atoms with Crippen LogP contribution in [-0.4, -0.2) is 47.8 Å². The summed E-state index contributed by atoms with van der Waals surface area (Å²) in [5.74, 6) is 0.145. The van der Waals surface area contributed by atoms with E-state index in [2.05, 4.69) is 5.32 Å². The summed E-state index contributed by atoms with van der Waals surface area (Å²) in [5, 5.41) is 12.8. The molecule has 1 aromatic rings. The Morgan fingerprint density at radius 2 is 2.33 bits per heavy atom. The molecule has 1 unspecified atom stereocenters. The van der Waals surface area contributed by atoms with Gasteiger partial charge in [0.15, 0.2) is 0 Å². The second-order valence-corrected chi connectivity index (χ2v) is 5.61. The van der Waals surface area contributed by atoms with Gasteiger partial charge in [0.1, 0.15) is 11.8 Å². The van der Waals surface area contributed by atoms with E-state index in [9.17, 15) is 9.90 Å². The molecule has 1 atom stereocenters. The number of benzene rings is 1. The molecule has 0 aliphatic carbocycles. The van der Waals surface area contributed by atoms with Crippen molar-refractivity contribution in [3.63, 3.8) is 0 Å². The summed E-state index contributed by atoms with van der Waals surface area (Å²) in [6, 6.07) is 4.71. The quantitative estimate of drug-likeness (QED) is 0.562. The molecule has 1 aliphatic rings. The summed E-state index contributed by atoms with van der Waals surface area (Å²) in [5.41, 5.74) is 7.08. The molecule has 2 rings (SSSR count). The van der Waals surface area contributed by atoms with E-state index in [0.717, 1.165) is 5.56 Å². The molecule has 21 heavy (non-hydrogen) atoms. The van der Waals surface area contributed by atoms with E-state index in [1.807, 2.05) is 18.7 Å². The summed E-state index contributed by atoms with van der Waals surface area (Å²) in [6.45, 7) is 5.91. The van der Waals surface area contributed by atoms with Crippen molar-refractivity contribution >= 4 is 11.6 Å². The number of ether oxygens (including phenoxy) is 1. The lowest BCUT2D eigenvalue weighted by molar-refractivity contribution is -0.133. The summed E-state index contributed by atoms with van der Waals surface area (Å²) in [7, 11) is 0. The largest absolute Gasteiger partial charge is 0.508 e. The number of phenolic OH excluding ortho intramolecular Hbond substituents is 1. The fourth-order valence-corrected chi connectivity index (χ4v) is 2.40.